The molecule has 0 aliphatic carbocycles. The maximum Gasteiger partial charge on any atom is 0.267 e. The molecule has 7 heteroatoms. The van der Waals surface area contributed by atoms with Crippen LogP contribution in [0.4, 0.5) is 0 Å². The molecular weight excluding hydrogens is 583 g/mol. The number of aliphatic imine (C=N–C) groups is 1. The third-order valence-electron chi connectivity index (χ3n) is 6.88. The number of fused-ring (bicyclic) bond motifs is 1. The molecule has 5 aromatic rings. The van der Waals surface area contributed by atoms with Crippen molar-refractivity contribution in [3.63, 3.8) is 0 Å². The number of ether oxygens (including phenoxy) is 1. The second-order valence-corrected chi connectivity index (χ2v) is 11.6. The van der Waals surface area contributed by atoms with Crippen molar-refractivity contribution in [2.75, 3.05) is 0 Å². The van der Waals surface area contributed by atoms with E-state index in [-0.39, 0.29) is 5.91 Å². The van der Waals surface area contributed by atoms with Crippen molar-refractivity contribution in [2.24, 2.45) is 4.99 Å². The third-order valence-corrected chi connectivity index (χ3v) is 8.49. The fourth-order valence-corrected chi connectivity index (χ4v) is 6.38. The molecular formula is C35H26Cl2N2O2S. The zero-order chi connectivity index (χ0) is 28.9. The molecule has 0 aromatic heterocycles. The molecule has 0 N–H and O–H groups in total. The van der Waals surface area contributed by atoms with E-state index in [9.17, 15) is 4.79 Å². The monoisotopic (exact) mass is 608 g/mol. The van der Waals surface area contributed by atoms with E-state index in [0.29, 0.717) is 51.1 Å². The summed E-state index contributed by atoms with van der Waals surface area (Å²) in [4.78, 5) is 20.7. The quantitative estimate of drug-likeness (QED) is 0.165. The lowest BCUT2D eigenvalue weighted by atomic mass is 10.1. The summed E-state index contributed by atoms with van der Waals surface area (Å²) < 4.78 is 6.10. The molecule has 4 nitrogen and oxygen atoms in total. The third kappa shape index (κ3) is 6.39. The van der Waals surface area contributed by atoms with E-state index in [4.69, 9.17) is 32.9 Å². The Morgan fingerprint density at radius 1 is 0.786 bits per heavy atom. The van der Waals surface area contributed by atoms with Gasteiger partial charge in [-0.05, 0) is 63.0 Å². The molecule has 1 aliphatic heterocycles. The van der Waals surface area contributed by atoms with Gasteiger partial charge in [0.05, 0.1) is 28.0 Å². The standard InChI is InChI=1S/C35H26Cl2N2O2S/c36-30-18-26(19-31(37)33(30)41-23-28-16-9-15-27-14-7-8-17-29(27)28)20-32-34(40)39(22-25-12-5-2-6-13-25)35(42-32)38-21-24-10-3-1-4-11-24/h1-20H,21-23H2/b32-20+,38-35?. The first kappa shape index (κ1) is 28.1. The van der Waals surface area contributed by atoms with E-state index >= 15 is 0 Å². The minimum atomic E-state index is -0.112. The van der Waals surface area contributed by atoms with E-state index in [2.05, 4.69) is 18.2 Å². The zero-order valence-electron chi connectivity index (χ0n) is 22.5. The molecule has 42 heavy (non-hydrogen) atoms. The molecule has 0 spiro atoms. The van der Waals surface area contributed by atoms with Crippen LogP contribution in [0.25, 0.3) is 16.8 Å². The first-order valence-electron chi connectivity index (χ1n) is 13.5. The lowest BCUT2D eigenvalue weighted by molar-refractivity contribution is -0.122. The Hall–Kier alpha value is -4.03. The van der Waals surface area contributed by atoms with Gasteiger partial charge in [-0.3, -0.25) is 14.7 Å². The van der Waals surface area contributed by atoms with Crippen LogP contribution < -0.4 is 4.74 Å². The highest BCUT2D eigenvalue weighted by atomic mass is 35.5. The van der Waals surface area contributed by atoms with Crippen LogP contribution in [0.3, 0.4) is 0 Å². The molecule has 1 heterocycles. The summed E-state index contributed by atoms with van der Waals surface area (Å²) in [5, 5.41) is 3.68. The number of hydrogen-bond donors (Lipinski definition) is 0. The number of thioether (sulfide) groups is 1. The molecule has 1 aliphatic rings. The number of benzene rings is 5. The first-order chi connectivity index (χ1) is 20.5. The maximum atomic E-state index is 13.6. The molecule has 6 rings (SSSR count). The average molecular weight is 610 g/mol. The SMILES string of the molecule is O=C1/C(=C\c2cc(Cl)c(OCc3cccc4ccccc34)c(Cl)c2)SC(=NCc2ccccc2)N1Cc1ccccc1. The number of amidine groups is 1. The van der Waals surface area contributed by atoms with E-state index < -0.39 is 0 Å². The van der Waals surface area contributed by atoms with Crippen molar-refractivity contribution in [2.45, 2.75) is 19.7 Å². The molecule has 0 unspecified atom stereocenters. The number of carbonyl (C=O) groups excluding carboxylic acids is 1. The van der Waals surface area contributed by atoms with Gasteiger partial charge in [-0.15, -0.1) is 0 Å². The molecule has 1 fully saturated rings. The normalized spacial score (nSPS) is 15.2. The van der Waals surface area contributed by atoms with Gasteiger partial charge in [0.2, 0.25) is 0 Å². The van der Waals surface area contributed by atoms with E-state index in [1.165, 1.54) is 11.8 Å². The Kier molecular flexibility index (Phi) is 8.61. The van der Waals surface area contributed by atoms with Crippen LogP contribution in [0.5, 0.6) is 5.75 Å². The molecule has 208 valence electrons. The van der Waals surface area contributed by atoms with Gasteiger partial charge in [0.1, 0.15) is 6.61 Å². The lowest BCUT2D eigenvalue weighted by Crippen LogP contribution is -2.28. The van der Waals surface area contributed by atoms with Crippen molar-refractivity contribution >= 4 is 62.9 Å². The van der Waals surface area contributed by atoms with Gasteiger partial charge in [-0.1, -0.05) is 126 Å². The van der Waals surface area contributed by atoms with Crippen molar-refractivity contribution < 1.29 is 9.53 Å². The van der Waals surface area contributed by atoms with Crippen molar-refractivity contribution in [1.82, 2.24) is 4.90 Å². The number of rotatable bonds is 8. The van der Waals surface area contributed by atoms with Gasteiger partial charge < -0.3 is 4.74 Å². The molecule has 1 saturated heterocycles. The summed E-state index contributed by atoms with van der Waals surface area (Å²) in [6, 6.07) is 37.7. The summed E-state index contributed by atoms with van der Waals surface area (Å²) in [5.74, 6) is 0.300. The molecule has 0 bridgehead atoms. The molecule has 0 atom stereocenters. The first-order valence-corrected chi connectivity index (χ1v) is 15.0. The zero-order valence-corrected chi connectivity index (χ0v) is 24.9. The minimum absolute atomic E-state index is 0.112. The topological polar surface area (TPSA) is 41.9 Å². The average Bonchev–Trinajstić information content (AvgIpc) is 3.30. The number of nitrogens with zero attached hydrogens (tertiary/aromatic N) is 2. The van der Waals surface area contributed by atoms with Crippen LogP contribution in [-0.4, -0.2) is 16.0 Å². The van der Waals surface area contributed by atoms with Gasteiger partial charge in [0, 0.05) is 0 Å². The summed E-state index contributed by atoms with van der Waals surface area (Å²) in [6.45, 7) is 1.24. The van der Waals surface area contributed by atoms with Crippen molar-refractivity contribution in [3.05, 3.63) is 152 Å². The van der Waals surface area contributed by atoms with Crippen LogP contribution in [0.1, 0.15) is 22.3 Å². The Morgan fingerprint density at radius 2 is 1.43 bits per heavy atom. The van der Waals surface area contributed by atoms with Crippen molar-refractivity contribution in [1.29, 1.82) is 0 Å². The highest BCUT2D eigenvalue weighted by Gasteiger charge is 2.33. The van der Waals surface area contributed by atoms with Gasteiger partial charge >= 0.3 is 0 Å². The fraction of sp³-hybridized carbons (Fsp3) is 0.0857. The number of halogens is 2. The van der Waals surface area contributed by atoms with Crippen LogP contribution >= 0.6 is 35.0 Å². The highest BCUT2D eigenvalue weighted by Crippen LogP contribution is 2.38. The minimum Gasteiger partial charge on any atom is -0.486 e. The second-order valence-electron chi connectivity index (χ2n) is 9.81. The van der Waals surface area contributed by atoms with Crippen LogP contribution in [0, 0.1) is 0 Å². The summed E-state index contributed by atoms with van der Waals surface area (Å²) in [6.07, 6.45) is 1.81. The summed E-state index contributed by atoms with van der Waals surface area (Å²) in [5.41, 5.74) is 3.86. The Balaban J connectivity index is 1.24. The van der Waals surface area contributed by atoms with E-state index in [0.717, 1.165) is 27.5 Å². The van der Waals surface area contributed by atoms with E-state index in [1.807, 2.05) is 91.0 Å². The van der Waals surface area contributed by atoms with E-state index in [1.54, 1.807) is 17.0 Å². The number of amides is 1. The molecule has 0 radical (unpaired) electrons. The van der Waals surface area contributed by atoms with Gasteiger partial charge in [-0.25, -0.2) is 0 Å². The summed E-state index contributed by atoms with van der Waals surface area (Å²) >= 11 is 14.7. The van der Waals surface area contributed by atoms with Crippen LogP contribution in [0.15, 0.2) is 125 Å². The Morgan fingerprint density at radius 3 is 2.17 bits per heavy atom. The number of hydrogen-bond acceptors (Lipinski definition) is 4. The molecule has 5 aromatic carbocycles. The maximum absolute atomic E-state index is 13.6. The molecule has 1 amide bonds. The summed E-state index contributed by atoms with van der Waals surface area (Å²) in [7, 11) is 0. The van der Waals surface area contributed by atoms with Crippen LogP contribution in [-0.2, 0) is 24.5 Å². The fourth-order valence-electron chi connectivity index (χ4n) is 4.79. The van der Waals surface area contributed by atoms with Gasteiger partial charge in [-0.2, -0.15) is 0 Å². The smallest absolute Gasteiger partial charge is 0.267 e. The highest BCUT2D eigenvalue weighted by molar-refractivity contribution is 8.18. The lowest BCUT2D eigenvalue weighted by Gasteiger charge is -2.15. The predicted octanol–water partition coefficient (Wildman–Crippen LogP) is 9.40. The van der Waals surface area contributed by atoms with Crippen LogP contribution in [0.2, 0.25) is 10.0 Å². The second kappa shape index (κ2) is 12.9. The molecule has 0 saturated carbocycles. The number of carbonyl (C=O) groups is 1. The van der Waals surface area contributed by atoms with Gasteiger partial charge in [0.15, 0.2) is 10.9 Å². The Labute approximate surface area is 259 Å². The van der Waals surface area contributed by atoms with Gasteiger partial charge in [0.25, 0.3) is 5.91 Å². The predicted molar refractivity (Wildman–Crippen MR) is 175 cm³/mol. The van der Waals surface area contributed by atoms with Crippen molar-refractivity contribution in [3.8, 4) is 5.75 Å². The Bertz CT molecular complexity index is 1780. The largest absolute Gasteiger partial charge is 0.486 e.